The summed E-state index contributed by atoms with van der Waals surface area (Å²) in [6.07, 6.45) is 1.60. The number of carbonyl (C=O) groups excluding carboxylic acids is 1. The molecule has 0 bridgehead atoms. The lowest BCUT2D eigenvalue weighted by Crippen LogP contribution is -1.93. The third kappa shape index (κ3) is 3.09. The van der Waals surface area contributed by atoms with Gasteiger partial charge in [0.15, 0.2) is 5.78 Å². The zero-order chi connectivity index (χ0) is 10.4. The van der Waals surface area contributed by atoms with Gasteiger partial charge in [-0.15, -0.1) is 0 Å². The standard InChI is InChI=1S/C11H13NO2/c1-9(13)11-6-4-10(5-7-11)3-2-8-12-14/h4-7H,2-3,8H2,1H3. The van der Waals surface area contributed by atoms with Crippen LogP contribution in [0.3, 0.4) is 0 Å². The topological polar surface area (TPSA) is 46.5 Å². The first kappa shape index (κ1) is 10.6. The van der Waals surface area contributed by atoms with Gasteiger partial charge < -0.3 is 0 Å². The number of rotatable bonds is 5. The number of nitroso groups, excluding NO2 is 1. The molecule has 0 aliphatic rings. The van der Waals surface area contributed by atoms with E-state index in [2.05, 4.69) is 5.18 Å². The molecular formula is C11H13NO2. The van der Waals surface area contributed by atoms with Crippen LogP contribution in [0.5, 0.6) is 0 Å². The van der Waals surface area contributed by atoms with Gasteiger partial charge in [-0.3, -0.25) is 4.79 Å². The Morgan fingerprint density at radius 1 is 1.29 bits per heavy atom. The third-order valence-electron chi connectivity index (χ3n) is 2.08. The van der Waals surface area contributed by atoms with Crippen LogP contribution in [0.4, 0.5) is 0 Å². The zero-order valence-corrected chi connectivity index (χ0v) is 8.19. The number of nitrogens with zero attached hydrogens (tertiary/aromatic N) is 1. The lowest BCUT2D eigenvalue weighted by molar-refractivity contribution is 0.101. The second-order valence-electron chi connectivity index (χ2n) is 3.21. The van der Waals surface area contributed by atoms with Crippen LogP contribution in [0, 0.1) is 4.91 Å². The fraction of sp³-hybridized carbons (Fsp3) is 0.364. The van der Waals surface area contributed by atoms with Gasteiger partial charge in [-0.25, -0.2) is 0 Å². The van der Waals surface area contributed by atoms with Crippen molar-refractivity contribution in [2.45, 2.75) is 19.8 Å². The van der Waals surface area contributed by atoms with E-state index in [1.807, 2.05) is 24.3 Å². The molecule has 0 aliphatic carbocycles. The summed E-state index contributed by atoms with van der Waals surface area (Å²) < 4.78 is 0. The van der Waals surface area contributed by atoms with Gasteiger partial charge in [0.25, 0.3) is 0 Å². The predicted octanol–water partition coefficient (Wildman–Crippen LogP) is 2.59. The molecule has 74 valence electrons. The number of hydrogen-bond donors (Lipinski definition) is 0. The molecule has 3 nitrogen and oxygen atoms in total. The van der Waals surface area contributed by atoms with Crippen LogP contribution in [-0.4, -0.2) is 12.3 Å². The van der Waals surface area contributed by atoms with Gasteiger partial charge in [-0.1, -0.05) is 29.4 Å². The van der Waals surface area contributed by atoms with Gasteiger partial charge in [0.2, 0.25) is 0 Å². The molecule has 0 aromatic heterocycles. The molecule has 14 heavy (non-hydrogen) atoms. The van der Waals surface area contributed by atoms with Gasteiger partial charge in [0, 0.05) is 5.56 Å². The maximum atomic E-state index is 11.0. The van der Waals surface area contributed by atoms with E-state index in [1.165, 1.54) is 0 Å². The Labute approximate surface area is 83.1 Å². The van der Waals surface area contributed by atoms with E-state index in [9.17, 15) is 9.70 Å². The van der Waals surface area contributed by atoms with Crippen LogP contribution < -0.4 is 0 Å². The lowest BCUT2D eigenvalue weighted by atomic mass is 10.1. The normalized spacial score (nSPS) is 9.79. The highest BCUT2D eigenvalue weighted by Gasteiger charge is 1.98. The van der Waals surface area contributed by atoms with Gasteiger partial charge >= 0.3 is 0 Å². The summed E-state index contributed by atoms with van der Waals surface area (Å²) in [5, 5.41) is 2.79. The minimum atomic E-state index is 0.0751. The fourth-order valence-electron chi connectivity index (χ4n) is 1.25. The van der Waals surface area contributed by atoms with Crippen molar-refractivity contribution < 1.29 is 4.79 Å². The molecule has 0 amide bonds. The first-order chi connectivity index (χ1) is 6.74. The minimum absolute atomic E-state index is 0.0751. The van der Waals surface area contributed by atoms with Crippen molar-refractivity contribution in [3.63, 3.8) is 0 Å². The van der Waals surface area contributed by atoms with Gasteiger partial charge in [-0.2, -0.15) is 4.91 Å². The molecule has 0 saturated heterocycles. The quantitative estimate of drug-likeness (QED) is 0.408. The average molecular weight is 191 g/mol. The fourth-order valence-corrected chi connectivity index (χ4v) is 1.25. The van der Waals surface area contributed by atoms with Crippen LogP contribution in [0.15, 0.2) is 29.4 Å². The number of aryl methyl sites for hydroxylation is 1. The van der Waals surface area contributed by atoms with Gasteiger partial charge in [0.05, 0.1) is 6.54 Å². The molecule has 0 saturated carbocycles. The van der Waals surface area contributed by atoms with Crippen molar-refractivity contribution in [1.82, 2.24) is 0 Å². The molecule has 1 rings (SSSR count). The third-order valence-corrected chi connectivity index (χ3v) is 2.08. The summed E-state index contributed by atoms with van der Waals surface area (Å²) in [6.45, 7) is 1.90. The smallest absolute Gasteiger partial charge is 0.159 e. The summed E-state index contributed by atoms with van der Waals surface area (Å²) in [6, 6.07) is 7.46. The first-order valence-corrected chi connectivity index (χ1v) is 4.63. The van der Waals surface area contributed by atoms with Crippen LogP contribution in [0.2, 0.25) is 0 Å². The van der Waals surface area contributed by atoms with Gasteiger partial charge in [0.1, 0.15) is 0 Å². The summed E-state index contributed by atoms with van der Waals surface area (Å²) in [4.78, 5) is 20.8. The molecule has 0 N–H and O–H groups in total. The lowest BCUT2D eigenvalue weighted by Gasteiger charge is -1.99. The van der Waals surface area contributed by atoms with E-state index in [4.69, 9.17) is 0 Å². The van der Waals surface area contributed by atoms with E-state index in [1.54, 1.807) is 6.92 Å². The highest BCUT2D eigenvalue weighted by molar-refractivity contribution is 5.93. The number of benzene rings is 1. The maximum Gasteiger partial charge on any atom is 0.159 e. The highest BCUT2D eigenvalue weighted by Crippen LogP contribution is 2.07. The Hall–Kier alpha value is -1.51. The Morgan fingerprint density at radius 2 is 1.93 bits per heavy atom. The maximum absolute atomic E-state index is 11.0. The summed E-state index contributed by atoms with van der Waals surface area (Å²) in [5.74, 6) is 0.0751. The number of Topliss-reactive ketones (excluding diaryl/α,β-unsaturated/α-hetero) is 1. The molecule has 0 spiro atoms. The number of ketones is 1. The second kappa shape index (κ2) is 5.27. The summed E-state index contributed by atoms with van der Waals surface area (Å²) >= 11 is 0. The SMILES string of the molecule is CC(=O)c1ccc(CCCN=O)cc1. The van der Waals surface area contributed by atoms with E-state index in [0.29, 0.717) is 6.54 Å². The monoisotopic (exact) mass is 191 g/mol. The molecule has 0 aliphatic heterocycles. The highest BCUT2D eigenvalue weighted by atomic mass is 16.3. The Bertz CT molecular complexity index is 317. The first-order valence-electron chi connectivity index (χ1n) is 4.63. The second-order valence-corrected chi connectivity index (χ2v) is 3.21. The van der Waals surface area contributed by atoms with Gasteiger partial charge in [-0.05, 0) is 25.3 Å². The van der Waals surface area contributed by atoms with Crippen molar-refractivity contribution in [1.29, 1.82) is 0 Å². The van der Waals surface area contributed by atoms with Crippen molar-refractivity contribution in [3.05, 3.63) is 40.3 Å². The molecule has 0 heterocycles. The van der Waals surface area contributed by atoms with Crippen molar-refractivity contribution in [2.24, 2.45) is 5.18 Å². The predicted molar refractivity (Wildman–Crippen MR) is 55.4 cm³/mol. The van der Waals surface area contributed by atoms with E-state index >= 15 is 0 Å². The Balaban J connectivity index is 2.55. The van der Waals surface area contributed by atoms with Crippen LogP contribution >= 0.6 is 0 Å². The summed E-state index contributed by atoms with van der Waals surface area (Å²) in [7, 11) is 0. The zero-order valence-electron chi connectivity index (χ0n) is 8.19. The molecule has 0 atom stereocenters. The Kier molecular flexibility index (Phi) is 3.98. The Morgan fingerprint density at radius 3 is 2.43 bits per heavy atom. The molecule has 0 radical (unpaired) electrons. The van der Waals surface area contributed by atoms with Crippen molar-refractivity contribution >= 4 is 5.78 Å². The number of hydrogen-bond acceptors (Lipinski definition) is 3. The molecule has 1 aromatic rings. The van der Waals surface area contributed by atoms with Crippen LogP contribution in [0.25, 0.3) is 0 Å². The van der Waals surface area contributed by atoms with E-state index in [0.717, 1.165) is 24.0 Å². The van der Waals surface area contributed by atoms with E-state index in [-0.39, 0.29) is 5.78 Å². The van der Waals surface area contributed by atoms with Crippen LogP contribution in [-0.2, 0) is 6.42 Å². The van der Waals surface area contributed by atoms with E-state index < -0.39 is 0 Å². The van der Waals surface area contributed by atoms with Crippen molar-refractivity contribution in [3.8, 4) is 0 Å². The van der Waals surface area contributed by atoms with Crippen molar-refractivity contribution in [2.75, 3.05) is 6.54 Å². The minimum Gasteiger partial charge on any atom is -0.295 e. The summed E-state index contributed by atoms with van der Waals surface area (Å²) in [5.41, 5.74) is 1.86. The molecule has 0 fully saturated rings. The van der Waals surface area contributed by atoms with Crippen LogP contribution in [0.1, 0.15) is 29.3 Å². The molecule has 0 unspecified atom stereocenters. The molecule has 3 heteroatoms. The molecular weight excluding hydrogens is 178 g/mol. The largest absolute Gasteiger partial charge is 0.295 e. The molecule has 1 aromatic carbocycles. The number of carbonyl (C=O) groups is 1. The average Bonchev–Trinajstić information content (AvgIpc) is 2.19.